The summed E-state index contributed by atoms with van der Waals surface area (Å²) in [4.78, 5) is 20.2. The summed E-state index contributed by atoms with van der Waals surface area (Å²) in [6, 6.07) is 17.1. The lowest BCUT2D eigenvalue weighted by molar-refractivity contribution is -0.124. The van der Waals surface area contributed by atoms with Gasteiger partial charge in [-0.25, -0.2) is 19.0 Å². The number of amides is 1. The molecule has 1 aliphatic rings. The minimum atomic E-state index is -2.03. The molecule has 10 heteroatoms. The van der Waals surface area contributed by atoms with E-state index in [2.05, 4.69) is 15.3 Å². The molecule has 3 N–H and O–H groups in total. The molecule has 0 spiro atoms. The fraction of sp³-hybridized carbons (Fsp3) is 0.280. The number of ether oxygens (including phenoxy) is 1. The molecule has 1 amide bonds. The molecule has 4 aromatic rings. The maximum Gasteiger partial charge on any atom is 0.270 e. The van der Waals surface area contributed by atoms with E-state index in [1.807, 2.05) is 59.3 Å². The highest BCUT2D eigenvalue weighted by Gasteiger charge is 2.28. The van der Waals surface area contributed by atoms with E-state index >= 15 is 0 Å². The molecule has 2 aromatic carbocycles. The summed E-state index contributed by atoms with van der Waals surface area (Å²) in [5.41, 5.74) is 6.44. The zero-order valence-corrected chi connectivity index (χ0v) is 19.5. The minimum Gasteiger partial charge on any atom is -0.457 e. The molecular formula is C25H24ClFN6O2. The largest absolute Gasteiger partial charge is 0.457 e. The SMILES string of the molecule is Nc1ncnc2c1c(-c1ccc(Oc3ccccc3)cc1)nn2C1CCC(NC(=O)C(F)Cl)CC1. The summed E-state index contributed by atoms with van der Waals surface area (Å²) < 4.78 is 20.8. The molecule has 2 aromatic heterocycles. The average Bonchev–Trinajstić information content (AvgIpc) is 3.26. The molecule has 1 atom stereocenters. The van der Waals surface area contributed by atoms with Crippen molar-refractivity contribution < 1.29 is 13.9 Å². The maximum absolute atomic E-state index is 13.0. The van der Waals surface area contributed by atoms with E-state index in [1.54, 1.807) is 0 Å². The molecule has 0 saturated heterocycles. The van der Waals surface area contributed by atoms with Gasteiger partial charge in [-0.3, -0.25) is 4.79 Å². The zero-order valence-electron chi connectivity index (χ0n) is 18.8. The maximum atomic E-state index is 13.0. The summed E-state index contributed by atoms with van der Waals surface area (Å²) in [5, 5.41) is 8.25. The number of nitrogens with zero attached hydrogens (tertiary/aromatic N) is 4. The lowest BCUT2D eigenvalue weighted by Crippen LogP contribution is -2.40. The summed E-state index contributed by atoms with van der Waals surface area (Å²) in [6.45, 7) is 0. The Morgan fingerprint density at radius 2 is 1.74 bits per heavy atom. The standard InChI is InChI=1S/C25H24ClFN6O2/c26-22(27)25(34)31-16-8-10-17(11-9-16)33-24-20(23(28)29-14-30-24)21(32-33)15-6-12-19(13-7-15)35-18-4-2-1-3-5-18/h1-7,12-14,16-17,22H,8-11H2,(H,31,34)(H2,28,29,30). The highest BCUT2D eigenvalue weighted by atomic mass is 35.5. The van der Waals surface area contributed by atoms with Gasteiger partial charge in [0.1, 0.15) is 29.3 Å². The topological polar surface area (TPSA) is 108 Å². The molecule has 1 unspecified atom stereocenters. The first-order chi connectivity index (χ1) is 17.0. The number of para-hydroxylation sites is 1. The summed E-state index contributed by atoms with van der Waals surface area (Å²) in [6.07, 6.45) is 4.29. The van der Waals surface area contributed by atoms with E-state index in [0.29, 0.717) is 41.1 Å². The number of aromatic nitrogens is 4. The summed E-state index contributed by atoms with van der Waals surface area (Å²) in [5.74, 6) is 1.04. The van der Waals surface area contributed by atoms with Gasteiger partial charge < -0.3 is 15.8 Å². The van der Waals surface area contributed by atoms with E-state index in [-0.39, 0.29) is 12.1 Å². The van der Waals surface area contributed by atoms with Crippen molar-refractivity contribution in [2.75, 3.05) is 5.73 Å². The van der Waals surface area contributed by atoms with Crippen molar-refractivity contribution in [3.05, 3.63) is 60.9 Å². The van der Waals surface area contributed by atoms with Crippen LogP contribution in [0.25, 0.3) is 22.3 Å². The van der Waals surface area contributed by atoms with Crippen molar-refractivity contribution in [3.8, 4) is 22.8 Å². The lowest BCUT2D eigenvalue weighted by Gasteiger charge is -2.29. The predicted molar refractivity (Wildman–Crippen MR) is 132 cm³/mol. The van der Waals surface area contributed by atoms with E-state index in [1.165, 1.54) is 6.33 Å². The van der Waals surface area contributed by atoms with Crippen LogP contribution in [0.4, 0.5) is 10.2 Å². The first-order valence-electron chi connectivity index (χ1n) is 11.4. The van der Waals surface area contributed by atoms with E-state index in [4.69, 9.17) is 27.2 Å². The predicted octanol–water partition coefficient (Wildman–Crippen LogP) is 5.00. The number of nitrogens with one attached hydrogen (secondary N) is 1. The minimum absolute atomic E-state index is 0.0616. The molecule has 180 valence electrons. The van der Waals surface area contributed by atoms with Crippen LogP contribution < -0.4 is 15.8 Å². The number of alkyl halides is 2. The Bertz CT molecular complexity index is 1320. The van der Waals surface area contributed by atoms with Gasteiger partial charge in [-0.2, -0.15) is 5.10 Å². The van der Waals surface area contributed by atoms with Crippen molar-refractivity contribution in [2.24, 2.45) is 0 Å². The Morgan fingerprint density at radius 3 is 2.43 bits per heavy atom. The molecule has 0 radical (unpaired) electrons. The number of carbonyl (C=O) groups excluding carboxylic acids is 1. The number of anilines is 1. The van der Waals surface area contributed by atoms with Crippen molar-refractivity contribution in [3.63, 3.8) is 0 Å². The monoisotopic (exact) mass is 494 g/mol. The molecule has 0 bridgehead atoms. The fourth-order valence-electron chi connectivity index (χ4n) is 4.49. The van der Waals surface area contributed by atoms with Gasteiger partial charge in [0, 0.05) is 11.6 Å². The van der Waals surface area contributed by atoms with Crippen molar-refractivity contribution >= 4 is 34.4 Å². The highest BCUT2D eigenvalue weighted by Crippen LogP contribution is 2.36. The number of halogens is 2. The third-order valence-electron chi connectivity index (χ3n) is 6.21. The van der Waals surface area contributed by atoms with E-state index < -0.39 is 11.5 Å². The normalized spacial score (nSPS) is 18.8. The quantitative estimate of drug-likeness (QED) is 0.365. The number of fused-ring (bicyclic) bond motifs is 1. The molecule has 1 aliphatic carbocycles. The third-order valence-corrected chi connectivity index (χ3v) is 6.41. The number of rotatable bonds is 6. The average molecular weight is 495 g/mol. The van der Waals surface area contributed by atoms with Crippen LogP contribution in [0.2, 0.25) is 0 Å². The van der Waals surface area contributed by atoms with Gasteiger partial charge in [0.2, 0.25) is 0 Å². The summed E-state index contributed by atoms with van der Waals surface area (Å²) >= 11 is 5.24. The van der Waals surface area contributed by atoms with Crippen LogP contribution >= 0.6 is 11.6 Å². The second kappa shape index (κ2) is 9.87. The fourth-order valence-corrected chi connectivity index (χ4v) is 4.55. The highest BCUT2D eigenvalue weighted by molar-refractivity contribution is 6.29. The van der Waals surface area contributed by atoms with Crippen molar-refractivity contribution in [1.82, 2.24) is 25.1 Å². The van der Waals surface area contributed by atoms with Crippen LogP contribution in [-0.2, 0) is 4.79 Å². The first-order valence-corrected chi connectivity index (χ1v) is 11.8. The van der Waals surface area contributed by atoms with Gasteiger partial charge in [0.25, 0.3) is 11.5 Å². The number of nitrogen functional groups attached to an aromatic ring is 1. The van der Waals surface area contributed by atoms with E-state index in [0.717, 1.165) is 24.2 Å². The molecule has 1 saturated carbocycles. The molecule has 35 heavy (non-hydrogen) atoms. The van der Waals surface area contributed by atoms with Gasteiger partial charge in [0.05, 0.1) is 11.4 Å². The van der Waals surface area contributed by atoms with Crippen LogP contribution in [0.5, 0.6) is 11.5 Å². The summed E-state index contributed by atoms with van der Waals surface area (Å²) in [7, 11) is 0. The van der Waals surface area contributed by atoms with Crippen LogP contribution in [0.1, 0.15) is 31.7 Å². The molecule has 8 nitrogen and oxygen atoms in total. The molecule has 2 heterocycles. The molecule has 1 fully saturated rings. The van der Waals surface area contributed by atoms with Gasteiger partial charge in [-0.15, -0.1) is 0 Å². The van der Waals surface area contributed by atoms with Gasteiger partial charge >= 0.3 is 0 Å². The Labute approximate surface area is 206 Å². The van der Waals surface area contributed by atoms with Crippen molar-refractivity contribution in [1.29, 1.82) is 0 Å². The van der Waals surface area contributed by atoms with Crippen LogP contribution in [0.3, 0.4) is 0 Å². The second-order valence-electron chi connectivity index (χ2n) is 8.50. The zero-order chi connectivity index (χ0) is 24.4. The smallest absolute Gasteiger partial charge is 0.270 e. The number of benzene rings is 2. The van der Waals surface area contributed by atoms with Crippen LogP contribution in [0, 0.1) is 0 Å². The number of hydrogen-bond acceptors (Lipinski definition) is 6. The third kappa shape index (κ3) is 4.90. The Kier molecular flexibility index (Phi) is 6.50. The Balaban J connectivity index is 1.39. The van der Waals surface area contributed by atoms with Gasteiger partial charge in [0.15, 0.2) is 5.65 Å². The Hall–Kier alpha value is -3.72. The van der Waals surface area contributed by atoms with Crippen molar-refractivity contribution in [2.45, 2.75) is 43.4 Å². The lowest BCUT2D eigenvalue weighted by atomic mass is 9.91. The second-order valence-corrected chi connectivity index (χ2v) is 8.89. The molecular weight excluding hydrogens is 471 g/mol. The Morgan fingerprint density at radius 1 is 1.06 bits per heavy atom. The molecule has 5 rings (SSSR count). The van der Waals surface area contributed by atoms with Crippen LogP contribution in [0.15, 0.2) is 60.9 Å². The number of nitrogens with two attached hydrogens (primary N) is 1. The van der Waals surface area contributed by atoms with Crippen LogP contribution in [-0.4, -0.2) is 37.3 Å². The van der Waals surface area contributed by atoms with Gasteiger partial charge in [-0.05, 0) is 62.1 Å². The molecule has 0 aliphatic heterocycles. The first kappa shape index (κ1) is 23.0. The number of carbonyl (C=O) groups is 1. The number of hydrogen-bond donors (Lipinski definition) is 2. The van der Waals surface area contributed by atoms with Gasteiger partial charge in [-0.1, -0.05) is 29.8 Å². The van der Waals surface area contributed by atoms with E-state index in [9.17, 15) is 9.18 Å².